The SMILES string of the molecule is CC(=O)NC[C@H]1CN(c2ccc(N3CCCOCC3)c(F)c2)C(=O)O1. The predicted octanol–water partition coefficient (Wildman–Crippen LogP) is 1.51. The Hall–Kier alpha value is -2.35. The summed E-state index contributed by atoms with van der Waals surface area (Å²) in [6.07, 6.45) is -0.127. The molecule has 1 N–H and O–H groups in total. The number of nitrogens with one attached hydrogen (secondary N) is 1. The number of ether oxygens (including phenoxy) is 2. The van der Waals surface area contributed by atoms with Crippen molar-refractivity contribution in [2.45, 2.75) is 19.4 Å². The number of anilines is 2. The van der Waals surface area contributed by atoms with E-state index in [-0.39, 0.29) is 24.8 Å². The van der Waals surface area contributed by atoms with Crippen LogP contribution in [-0.4, -0.2) is 57.5 Å². The number of rotatable bonds is 4. The molecule has 1 atom stereocenters. The van der Waals surface area contributed by atoms with Gasteiger partial charge in [-0.15, -0.1) is 0 Å². The molecule has 25 heavy (non-hydrogen) atoms. The first-order chi connectivity index (χ1) is 12.0. The van der Waals surface area contributed by atoms with Crippen molar-refractivity contribution in [1.29, 1.82) is 0 Å². The number of carbonyl (C=O) groups is 2. The number of nitrogens with zero attached hydrogens (tertiary/aromatic N) is 2. The molecule has 3 rings (SSSR count). The monoisotopic (exact) mass is 351 g/mol. The molecule has 7 nitrogen and oxygen atoms in total. The number of hydrogen-bond acceptors (Lipinski definition) is 5. The summed E-state index contributed by atoms with van der Waals surface area (Å²) in [5.74, 6) is -0.566. The highest BCUT2D eigenvalue weighted by molar-refractivity contribution is 5.90. The van der Waals surface area contributed by atoms with Crippen molar-refractivity contribution in [2.75, 3.05) is 49.2 Å². The second-order valence-corrected chi connectivity index (χ2v) is 6.14. The number of benzene rings is 1. The first-order valence-electron chi connectivity index (χ1n) is 8.39. The Bertz CT molecular complexity index is 647. The lowest BCUT2D eigenvalue weighted by molar-refractivity contribution is -0.119. The van der Waals surface area contributed by atoms with E-state index < -0.39 is 12.2 Å². The number of halogens is 1. The standard InChI is InChI=1S/C17H22FN3O4/c1-12(22)19-10-14-11-21(17(23)25-14)13-3-4-16(15(18)9-13)20-5-2-7-24-8-6-20/h3-4,9,14H,2,5-8,10-11H2,1H3,(H,19,22)/t14-/m0/s1. The fraction of sp³-hybridized carbons (Fsp3) is 0.529. The van der Waals surface area contributed by atoms with Crippen molar-refractivity contribution >= 4 is 23.4 Å². The topological polar surface area (TPSA) is 71.1 Å². The zero-order valence-electron chi connectivity index (χ0n) is 14.2. The third-order valence-electron chi connectivity index (χ3n) is 4.26. The Labute approximate surface area is 145 Å². The molecule has 2 aliphatic heterocycles. The molecule has 2 amide bonds. The maximum Gasteiger partial charge on any atom is 0.414 e. The zero-order chi connectivity index (χ0) is 17.8. The summed E-state index contributed by atoms with van der Waals surface area (Å²) in [4.78, 5) is 26.3. The summed E-state index contributed by atoms with van der Waals surface area (Å²) in [6, 6.07) is 4.75. The highest BCUT2D eigenvalue weighted by Crippen LogP contribution is 2.28. The average molecular weight is 351 g/mol. The van der Waals surface area contributed by atoms with E-state index in [4.69, 9.17) is 9.47 Å². The Morgan fingerprint density at radius 1 is 1.36 bits per heavy atom. The summed E-state index contributed by atoms with van der Waals surface area (Å²) < 4.78 is 25.2. The summed E-state index contributed by atoms with van der Waals surface area (Å²) in [5.41, 5.74) is 0.958. The average Bonchev–Trinajstić information content (AvgIpc) is 2.78. The van der Waals surface area contributed by atoms with Crippen molar-refractivity contribution in [1.82, 2.24) is 5.32 Å². The van der Waals surface area contributed by atoms with E-state index >= 15 is 0 Å². The molecule has 8 heteroatoms. The maximum atomic E-state index is 14.6. The zero-order valence-corrected chi connectivity index (χ0v) is 14.2. The van der Waals surface area contributed by atoms with Gasteiger partial charge >= 0.3 is 6.09 Å². The van der Waals surface area contributed by atoms with Gasteiger partial charge in [-0.2, -0.15) is 0 Å². The number of carbonyl (C=O) groups excluding carboxylic acids is 2. The summed E-state index contributed by atoms with van der Waals surface area (Å²) in [5, 5.41) is 2.61. The van der Waals surface area contributed by atoms with Crippen molar-refractivity contribution in [2.24, 2.45) is 0 Å². The molecule has 0 aliphatic carbocycles. The van der Waals surface area contributed by atoms with Gasteiger partial charge in [0.25, 0.3) is 0 Å². The van der Waals surface area contributed by atoms with E-state index in [2.05, 4.69) is 5.32 Å². The van der Waals surface area contributed by atoms with Gasteiger partial charge < -0.3 is 19.7 Å². The molecular formula is C17H22FN3O4. The molecule has 0 spiro atoms. The van der Waals surface area contributed by atoms with Gasteiger partial charge in [0.2, 0.25) is 5.91 Å². The van der Waals surface area contributed by atoms with Gasteiger partial charge in [-0.3, -0.25) is 9.69 Å². The van der Waals surface area contributed by atoms with Crippen LogP contribution in [0.25, 0.3) is 0 Å². The van der Waals surface area contributed by atoms with Crippen LogP contribution in [0, 0.1) is 5.82 Å². The molecule has 0 saturated carbocycles. The van der Waals surface area contributed by atoms with Gasteiger partial charge in [0, 0.05) is 26.6 Å². The first-order valence-corrected chi connectivity index (χ1v) is 8.39. The van der Waals surface area contributed by atoms with Crippen LogP contribution in [0.3, 0.4) is 0 Å². The van der Waals surface area contributed by atoms with E-state index in [9.17, 15) is 14.0 Å². The Kier molecular flexibility index (Phi) is 5.37. The largest absolute Gasteiger partial charge is 0.442 e. The molecule has 0 bridgehead atoms. The third-order valence-corrected chi connectivity index (χ3v) is 4.26. The molecule has 2 heterocycles. The van der Waals surface area contributed by atoms with Crippen LogP contribution >= 0.6 is 0 Å². The smallest absolute Gasteiger partial charge is 0.414 e. The Morgan fingerprint density at radius 2 is 2.20 bits per heavy atom. The Morgan fingerprint density at radius 3 is 2.96 bits per heavy atom. The summed E-state index contributed by atoms with van der Waals surface area (Å²) in [7, 11) is 0. The predicted molar refractivity (Wildman–Crippen MR) is 90.3 cm³/mol. The van der Waals surface area contributed by atoms with Crippen molar-refractivity contribution < 1.29 is 23.5 Å². The number of cyclic esters (lactones) is 1. The molecule has 2 aliphatic rings. The molecule has 136 valence electrons. The molecule has 1 aromatic rings. The minimum absolute atomic E-state index is 0.189. The van der Waals surface area contributed by atoms with E-state index in [0.29, 0.717) is 31.1 Å². The van der Waals surface area contributed by atoms with Crippen molar-refractivity contribution in [3.63, 3.8) is 0 Å². The van der Waals surface area contributed by atoms with Gasteiger partial charge in [0.1, 0.15) is 11.9 Å². The van der Waals surface area contributed by atoms with Crippen LogP contribution in [0.4, 0.5) is 20.6 Å². The van der Waals surface area contributed by atoms with Gasteiger partial charge in [0.15, 0.2) is 0 Å². The molecule has 0 aromatic heterocycles. The van der Waals surface area contributed by atoms with Crippen LogP contribution in [0.5, 0.6) is 0 Å². The van der Waals surface area contributed by atoms with Crippen molar-refractivity contribution in [3.05, 3.63) is 24.0 Å². The van der Waals surface area contributed by atoms with E-state index in [1.54, 1.807) is 12.1 Å². The van der Waals surface area contributed by atoms with Gasteiger partial charge in [-0.05, 0) is 24.6 Å². The van der Waals surface area contributed by atoms with Gasteiger partial charge in [0.05, 0.1) is 31.1 Å². The fourth-order valence-corrected chi connectivity index (χ4v) is 3.00. The molecule has 2 fully saturated rings. The molecule has 0 radical (unpaired) electrons. The fourth-order valence-electron chi connectivity index (χ4n) is 3.00. The lowest BCUT2D eigenvalue weighted by Gasteiger charge is -2.23. The lowest BCUT2D eigenvalue weighted by atomic mass is 10.2. The van der Waals surface area contributed by atoms with E-state index in [1.165, 1.54) is 17.9 Å². The lowest BCUT2D eigenvalue weighted by Crippen LogP contribution is -2.33. The minimum Gasteiger partial charge on any atom is -0.442 e. The highest BCUT2D eigenvalue weighted by Gasteiger charge is 2.32. The minimum atomic E-state index is -0.536. The van der Waals surface area contributed by atoms with Crippen LogP contribution in [0.15, 0.2) is 18.2 Å². The Balaban J connectivity index is 1.69. The van der Waals surface area contributed by atoms with Gasteiger partial charge in [-0.1, -0.05) is 0 Å². The van der Waals surface area contributed by atoms with Crippen LogP contribution in [0.1, 0.15) is 13.3 Å². The van der Waals surface area contributed by atoms with Crippen molar-refractivity contribution in [3.8, 4) is 0 Å². The maximum absolute atomic E-state index is 14.6. The molecular weight excluding hydrogens is 329 g/mol. The van der Waals surface area contributed by atoms with Crippen LogP contribution in [-0.2, 0) is 14.3 Å². The number of hydrogen-bond donors (Lipinski definition) is 1. The molecule has 1 aromatic carbocycles. The van der Waals surface area contributed by atoms with Crippen LogP contribution < -0.4 is 15.1 Å². The van der Waals surface area contributed by atoms with Crippen LogP contribution in [0.2, 0.25) is 0 Å². The first kappa shape index (κ1) is 17.5. The third kappa shape index (κ3) is 4.19. The summed E-state index contributed by atoms with van der Waals surface area (Å²) in [6.45, 7) is 4.55. The highest BCUT2D eigenvalue weighted by atomic mass is 19.1. The second-order valence-electron chi connectivity index (χ2n) is 6.14. The molecule has 0 unspecified atom stereocenters. The molecule has 2 saturated heterocycles. The van der Waals surface area contributed by atoms with E-state index in [0.717, 1.165) is 13.0 Å². The second kappa shape index (κ2) is 7.69. The quantitative estimate of drug-likeness (QED) is 0.890. The van der Waals surface area contributed by atoms with Gasteiger partial charge in [-0.25, -0.2) is 9.18 Å². The number of amides is 2. The van der Waals surface area contributed by atoms with E-state index in [1.807, 2.05) is 4.90 Å². The summed E-state index contributed by atoms with van der Waals surface area (Å²) >= 11 is 0. The normalized spacial score (nSPS) is 21.0.